The van der Waals surface area contributed by atoms with Crippen molar-refractivity contribution in [3.63, 3.8) is 0 Å². The molecule has 0 bridgehead atoms. The third-order valence-electron chi connectivity index (χ3n) is 5.46. The molecule has 2 unspecified atom stereocenters. The van der Waals surface area contributed by atoms with Crippen LogP contribution < -0.4 is 10.6 Å². The number of imidazole rings is 1. The Morgan fingerprint density at radius 1 is 1.32 bits per heavy atom. The minimum Gasteiger partial charge on any atom is -0.346 e. The highest BCUT2D eigenvalue weighted by molar-refractivity contribution is 5.78. The summed E-state index contributed by atoms with van der Waals surface area (Å²) in [5.41, 5.74) is 2.12. The molecular weight excluding hydrogens is 312 g/mol. The molecule has 0 radical (unpaired) electrons. The lowest BCUT2D eigenvalue weighted by atomic mass is 9.84. The maximum absolute atomic E-state index is 12.5. The Kier molecular flexibility index (Phi) is 5.74. The second kappa shape index (κ2) is 8.00. The fraction of sp³-hybridized carbons (Fsp3) is 0.600. The Balaban J connectivity index is 1.65. The largest absolute Gasteiger partial charge is 0.346 e. The van der Waals surface area contributed by atoms with Crippen molar-refractivity contribution in [2.75, 3.05) is 13.1 Å². The van der Waals surface area contributed by atoms with Gasteiger partial charge in [0.15, 0.2) is 0 Å². The van der Waals surface area contributed by atoms with Gasteiger partial charge in [-0.1, -0.05) is 19.1 Å². The number of nitrogens with zero attached hydrogens (tertiary/aromatic N) is 2. The van der Waals surface area contributed by atoms with Gasteiger partial charge in [-0.2, -0.15) is 0 Å². The van der Waals surface area contributed by atoms with Crippen LogP contribution in [0.2, 0.25) is 0 Å². The molecule has 0 spiro atoms. The van der Waals surface area contributed by atoms with Crippen LogP contribution in [0.3, 0.4) is 0 Å². The van der Waals surface area contributed by atoms with Crippen molar-refractivity contribution in [3.8, 4) is 0 Å². The molecule has 5 nitrogen and oxygen atoms in total. The third kappa shape index (κ3) is 4.03. The maximum atomic E-state index is 12.5. The van der Waals surface area contributed by atoms with Crippen LogP contribution in [0, 0.1) is 11.8 Å². The van der Waals surface area contributed by atoms with E-state index in [-0.39, 0.29) is 11.9 Å². The quantitative estimate of drug-likeness (QED) is 0.847. The SMILES string of the molecule is CCn1c(C(C)NC(=O)CC(C)C2CCNCC2)nc2ccccc21. The fourth-order valence-electron chi connectivity index (χ4n) is 3.99. The van der Waals surface area contributed by atoms with Gasteiger partial charge >= 0.3 is 0 Å². The highest BCUT2D eigenvalue weighted by Gasteiger charge is 2.23. The molecule has 5 heteroatoms. The number of hydrogen-bond acceptors (Lipinski definition) is 3. The average Bonchev–Trinajstić information content (AvgIpc) is 3.01. The van der Waals surface area contributed by atoms with Gasteiger partial charge in [0.25, 0.3) is 0 Å². The number of hydrogen-bond donors (Lipinski definition) is 2. The van der Waals surface area contributed by atoms with E-state index in [1.807, 2.05) is 25.1 Å². The number of aryl methyl sites for hydroxylation is 1. The first-order valence-electron chi connectivity index (χ1n) is 9.55. The molecule has 1 amide bonds. The van der Waals surface area contributed by atoms with Gasteiger partial charge in [-0.25, -0.2) is 4.98 Å². The fourth-order valence-corrected chi connectivity index (χ4v) is 3.99. The average molecular weight is 342 g/mol. The van der Waals surface area contributed by atoms with E-state index in [0.29, 0.717) is 18.3 Å². The second-order valence-electron chi connectivity index (χ2n) is 7.26. The molecule has 1 aliphatic heterocycles. The van der Waals surface area contributed by atoms with Crippen molar-refractivity contribution >= 4 is 16.9 Å². The predicted molar refractivity (Wildman–Crippen MR) is 101 cm³/mol. The molecule has 1 aromatic carbocycles. The number of amides is 1. The van der Waals surface area contributed by atoms with Gasteiger partial charge in [0, 0.05) is 13.0 Å². The molecule has 0 aliphatic carbocycles. The Bertz CT molecular complexity index is 718. The molecule has 136 valence electrons. The van der Waals surface area contributed by atoms with E-state index in [2.05, 4.69) is 35.1 Å². The zero-order valence-electron chi connectivity index (χ0n) is 15.6. The highest BCUT2D eigenvalue weighted by Crippen LogP contribution is 2.25. The minimum atomic E-state index is -0.0833. The van der Waals surface area contributed by atoms with Crippen molar-refractivity contribution in [2.24, 2.45) is 11.8 Å². The van der Waals surface area contributed by atoms with Gasteiger partial charge in [0.1, 0.15) is 5.82 Å². The number of piperidine rings is 1. The van der Waals surface area contributed by atoms with Gasteiger partial charge in [-0.15, -0.1) is 0 Å². The summed E-state index contributed by atoms with van der Waals surface area (Å²) in [6.45, 7) is 9.36. The van der Waals surface area contributed by atoms with Crippen LogP contribution in [0.4, 0.5) is 0 Å². The zero-order chi connectivity index (χ0) is 17.8. The molecule has 1 aliphatic rings. The van der Waals surface area contributed by atoms with Crippen LogP contribution >= 0.6 is 0 Å². The smallest absolute Gasteiger partial charge is 0.220 e. The van der Waals surface area contributed by atoms with Crippen molar-refractivity contribution in [3.05, 3.63) is 30.1 Å². The van der Waals surface area contributed by atoms with Crippen LogP contribution in [0.1, 0.15) is 51.9 Å². The molecule has 1 aromatic heterocycles. The van der Waals surface area contributed by atoms with E-state index in [4.69, 9.17) is 4.98 Å². The molecule has 1 fully saturated rings. The van der Waals surface area contributed by atoms with Crippen LogP contribution in [-0.2, 0) is 11.3 Å². The van der Waals surface area contributed by atoms with E-state index >= 15 is 0 Å². The number of fused-ring (bicyclic) bond motifs is 1. The van der Waals surface area contributed by atoms with Crippen LogP contribution in [0.15, 0.2) is 24.3 Å². The van der Waals surface area contributed by atoms with Gasteiger partial charge in [-0.3, -0.25) is 4.79 Å². The first-order chi connectivity index (χ1) is 12.1. The first kappa shape index (κ1) is 17.9. The van der Waals surface area contributed by atoms with E-state index in [9.17, 15) is 4.79 Å². The second-order valence-corrected chi connectivity index (χ2v) is 7.26. The van der Waals surface area contributed by atoms with Crippen molar-refractivity contribution in [2.45, 2.75) is 52.6 Å². The number of benzene rings is 1. The number of aromatic nitrogens is 2. The number of para-hydroxylation sites is 2. The normalized spacial score (nSPS) is 18.2. The predicted octanol–water partition coefficient (Wildman–Crippen LogP) is 3.26. The van der Waals surface area contributed by atoms with Crippen molar-refractivity contribution in [1.29, 1.82) is 0 Å². The van der Waals surface area contributed by atoms with Crippen LogP contribution in [0.25, 0.3) is 11.0 Å². The summed E-state index contributed by atoms with van der Waals surface area (Å²) in [5, 5.41) is 6.55. The lowest BCUT2D eigenvalue weighted by molar-refractivity contribution is -0.123. The third-order valence-corrected chi connectivity index (χ3v) is 5.46. The van der Waals surface area contributed by atoms with Gasteiger partial charge < -0.3 is 15.2 Å². The summed E-state index contributed by atoms with van der Waals surface area (Å²) in [6, 6.07) is 8.06. The number of nitrogens with one attached hydrogen (secondary N) is 2. The Morgan fingerprint density at radius 3 is 2.76 bits per heavy atom. The molecule has 2 heterocycles. The summed E-state index contributed by atoms with van der Waals surface area (Å²) in [6.07, 6.45) is 2.95. The summed E-state index contributed by atoms with van der Waals surface area (Å²) in [4.78, 5) is 17.3. The molecule has 2 atom stereocenters. The maximum Gasteiger partial charge on any atom is 0.220 e. The number of rotatable bonds is 6. The molecule has 3 rings (SSSR count). The minimum absolute atomic E-state index is 0.0833. The molecule has 2 N–H and O–H groups in total. The first-order valence-corrected chi connectivity index (χ1v) is 9.55. The lowest BCUT2D eigenvalue weighted by Gasteiger charge is -2.28. The Labute approximate surface area is 150 Å². The van der Waals surface area contributed by atoms with Crippen molar-refractivity contribution in [1.82, 2.24) is 20.2 Å². The van der Waals surface area contributed by atoms with Gasteiger partial charge in [-0.05, 0) is 63.7 Å². The molecule has 25 heavy (non-hydrogen) atoms. The summed E-state index contributed by atoms with van der Waals surface area (Å²) in [5.74, 6) is 2.15. The monoisotopic (exact) mass is 342 g/mol. The summed E-state index contributed by atoms with van der Waals surface area (Å²) in [7, 11) is 0. The Hall–Kier alpha value is -1.88. The molecule has 2 aromatic rings. The number of carbonyl (C=O) groups excluding carboxylic acids is 1. The van der Waals surface area contributed by atoms with Gasteiger partial charge in [0.05, 0.1) is 17.1 Å². The lowest BCUT2D eigenvalue weighted by Crippen LogP contribution is -2.34. The Morgan fingerprint density at radius 2 is 2.04 bits per heavy atom. The summed E-state index contributed by atoms with van der Waals surface area (Å²) >= 11 is 0. The highest BCUT2D eigenvalue weighted by atomic mass is 16.1. The molecule has 1 saturated heterocycles. The van der Waals surface area contributed by atoms with E-state index in [0.717, 1.165) is 36.5 Å². The van der Waals surface area contributed by atoms with Crippen LogP contribution in [-0.4, -0.2) is 28.5 Å². The van der Waals surface area contributed by atoms with E-state index in [1.54, 1.807) is 0 Å². The van der Waals surface area contributed by atoms with E-state index < -0.39 is 0 Å². The van der Waals surface area contributed by atoms with Crippen molar-refractivity contribution < 1.29 is 4.79 Å². The van der Waals surface area contributed by atoms with E-state index in [1.165, 1.54) is 12.8 Å². The standard InChI is InChI=1S/C20H30N4O/c1-4-24-18-8-6-5-7-17(18)23-20(24)15(3)22-19(25)13-14(2)16-9-11-21-12-10-16/h5-8,14-16,21H,4,9-13H2,1-3H3,(H,22,25). The van der Waals surface area contributed by atoms with Crippen LogP contribution in [0.5, 0.6) is 0 Å². The summed E-state index contributed by atoms with van der Waals surface area (Å²) < 4.78 is 2.19. The number of carbonyl (C=O) groups is 1. The van der Waals surface area contributed by atoms with Gasteiger partial charge in [0.2, 0.25) is 5.91 Å². The topological polar surface area (TPSA) is 59.0 Å². The zero-order valence-corrected chi connectivity index (χ0v) is 15.6. The molecule has 0 saturated carbocycles. The molecular formula is C20H30N4O.